The molecule has 0 saturated carbocycles. The molecule has 1 fully saturated rings. The molecular weight excluding hydrogens is 404 g/mol. The van der Waals surface area contributed by atoms with E-state index in [0.29, 0.717) is 41.5 Å². The van der Waals surface area contributed by atoms with E-state index in [1.165, 1.54) is 24.1 Å². The number of fused-ring (bicyclic) bond motifs is 1. The Morgan fingerprint density at radius 3 is 2.52 bits per heavy atom. The Balaban J connectivity index is 1.61. The standard InChI is InChI=1S/C22H22N2O7/c1-23-7-6-18(21(23)26)31-16-9-13(22(27)28-3)8-15(10-16)30-14-4-5-17-19(11-14)29-12-24(2)20(17)25/h4-5,8-11,18H,6-7,12H2,1-3H3/t18-/m0/s1. The van der Waals surface area contributed by atoms with Gasteiger partial charge in [0, 0.05) is 39.2 Å². The summed E-state index contributed by atoms with van der Waals surface area (Å²) in [7, 11) is 4.65. The number of hydrogen-bond donors (Lipinski definition) is 0. The van der Waals surface area contributed by atoms with Crippen molar-refractivity contribution in [3.8, 4) is 23.0 Å². The van der Waals surface area contributed by atoms with Crippen molar-refractivity contribution >= 4 is 17.8 Å². The first-order chi connectivity index (χ1) is 14.9. The first-order valence-corrected chi connectivity index (χ1v) is 9.71. The van der Waals surface area contributed by atoms with Crippen LogP contribution in [0.2, 0.25) is 0 Å². The Labute approximate surface area is 179 Å². The van der Waals surface area contributed by atoms with E-state index in [4.69, 9.17) is 18.9 Å². The van der Waals surface area contributed by atoms with E-state index in [9.17, 15) is 14.4 Å². The number of ether oxygens (including phenoxy) is 4. The molecule has 2 aliphatic rings. The highest BCUT2D eigenvalue weighted by molar-refractivity contribution is 5.97. The van der Waals surface area contributed by atoms with Crippen LogP contribution in [0.25, 0.3) is 0 Å². The summed E-state index contributed by atoms with van der Waals surface area (Å²) in [5, 5.41) is 0. The molecule has 4 rings (SSSR count). The van der Waals surface area contributed by atoms with Gasteiger partial charge in [-0.15, -0.1) is 0 Å². The molecule has 2 aromatic rings. The number of nitrogens with zero attached hydrogens (tertiary/aromatic N) is 2. The lowest BCUT2D eigenvalue weighted by Gasteiger charge is -2.25. The van der Waals surface area contributed by atoms with Crippen molar-refractivity contribution in [2.24, 2.45) is 0 Å². The van der Waals surface area contributed by atoms with Gasteiger partial charge in [0.1, 0.15) is 23.0 Å². The Morgan fingerprint density at radius 2 is 1.81 bits per heavy atom. The van der Waals surface area contributed by atoms with Gasteiger partial charge in [-0.05, 0) is 24.3 Å². The summed E-state index contributed by atoms with van der Waals surface area (Å²) in [4.78, 5) is 39.6. The zero-order chi connectivity index (χ0) is 22.1. The second-order valence-corrected chi connectivity index (χ2v) is 7.38. The number of rotatable bonds is 5. The molecule has 0 bridgehead atoms. The van der Waals surface area contributed by atoms with Crippen LogP contribution >= 0.6 is 0 Å². The molecule has 0 radical (unpaired) electrons. The molecule has 162 valence electrons. The summed E-state index contributed by atoms with van der Waals surface area (Å²) in [6.07, 6.45) is -0.0654. The molecule has 2 aromatic carbocycles. The summed E-state index contributed by atoms with van der Waals surface area (Å²) in [5.41, 5.74) is 0.664. The second kappa shape index (κ2) is 8.17. The van der Waals surface area contributed by atoms with Crippen molar-refractivity contribution < 1.29 is 33.3 Å². The zero-order valence-corrected chi connectivity index (χ0v) is 17.4. The Kier molecular flexibility index (Phi) is 5.41. The third kappa shape index (κ3) is 4.11. The van der Waals surface area contributed by atoms with Gasteiger partial charge in [-0.1, -0.05) is 0 Å². The molecular formula is C22H22N2O7. The van der Waals surface area contributed by atoms with E-state index in [1.54, 1.807) is 43.3 Å². The molecule has 0 unspecified atom stereocenters. The number of amides is 2. The quantitative estimate of drug-likeness (QED) is 0.677. The lowest BCUT2D eigenvalue weighted by atomic mass is 10.1. The number of esters is 1. The van der Waals surface area contributed by atoms with Crippen molar-refractivity contribution in [3.63, 3.8) is 0 Å². The van der Waals surface area contributed by atoms with E-state index in [1.807, 2.05) is 0 Å². The van der Waals surface area contributed by atoms with E-state index in [2.05, 4.69) is 0 Å². The molecule has 2 aliphatic heterocycles. The first kappa shape index (κ1) is 20.5. The molecule has 0 N–H and O–H groups in total. The minimum Gasteiger partial charge on any atom is -0.480 e. The molecule has 0 aliphatic carbocycles. The number of carbonyl (C=O) groups is 3. The molecule has 9 nitrogen and oxygen atoms in total. The summed E-state index contributed by atoms with van der Waals surface area (Å²) in [6.45, 7) is 0.752. The smallest absolute Gasteiger partial charge is 0.338 e. The first-order valence-electron chi connectivity index (χ1n) is 9.71. The zero-order valence-electron chi connectivity index (χ0n) is 17.4. The Hall–Kier alpha value is -3.75. The van der Waals surface area contributed by atoms with Crippen LogP contribution in [0.1, 0.15) is 27.1 Å². The van der Waals surface area contributed by atoms with Gasteiger partial charge in [-0.25, -0.2) is 4.79 Å². The fourth-order valence-corrected chi connectivity index (χ4v) is 3.43. The number of likely N-dealkylation sites (N-methyl/N-ethyl adjacent to an activating group) is 1. The predicted octanol–water partition coefficient (Wildman–Crippen LogP) is 2.30. The number of hydrogen-bond acceptors (Lipinski definition) is 7. The largest absolute Gasteiger partial charge is 0.480 e. The maximum atomic E-state index is 12.2. The van der Waals surface area contributed by atoms with Crippen LogP contribution in [-0.2, 0) is 9.53 Å². The molecule has 1 atom stereocenters. The van der Waals surface area contributed by atoms with Crippen LogP contribution in [0.4, 0.5) is 0 Å². The van der Waals surface area contributed by atoms with Crippen LogP contribution in [0, 0.1) is 0 Å². The average Bonchev–Trinajstić information content (AvgIpc) is 3.07. The van der Waals surface area contributed by atoms with Gasteiger partial charge >= 0.3 is 5.97 Å². The number of carbonyl (C=O) groups excluding carboxylic acids is 3. The SMILES string of the molecule is COC(=O)c1cc(Oc2ccc3c(c2)OCN(C)C3=O)cc(O[C@H]2CCN(C)C2=O)c1. The number of likely N-dealkylation sites (tertiary alicyclic amines) is 1. The Morgan fingerprint density at radius 1 is 1.03 bits per heavy atom. The minimum atomic E-state index is -0.620. The molecule has 1 saturated heterocycles. The van der Waals surface area contributed by atoms with Gasteiger partial charge in [0.15, 0.2) is 12.8 Å². The number of benzene rings is 2. The van der Waals surface area contributed by atoms with Crippen LogP contribution in [-0.4, -0.2) is 68.2 Å². The van der Waals surface area contributed by atoms with Crippen molar-refractivity contribution in [2.75, 3.05) is 34.5 Å². The van der Waals surface area contributed by atoms with Crippen LogP contribution in [0.5, 0.6) is 23.0 Å². The van der Waals surface area contributed by atoms with Crippen LogP contribution in [0.3, 0.4) is 0 Å². The van der Waals surface area contributed by atoms with Gasteiger partial charge in [0.2, 0.25) is 0 Å². The van der Waals surface area contributed by atoms with Crippen molar-refractivity contribution in [2.45, 2.75) is 12.5 Å². The summed E-state index contributed by atoms with van der Waals surface area (Å²) in [6, 6.07) is 9.49. The summed E-state index contributed by atoms with van der Waals surface area (Å²) in [5.74, 6) is 0.650. The van der Waals surface area contributed by atoms with Gasteiger partial charge in [0.25, 0.3) is 11.8 Å². The maximum absolute atomic E-state index is 12.2. The molecule has 0 spiro atoms. The van der Waals surface area contributed by atoms with Gasteiger partial charge in [0.05, 0.1) is 18.2 Å². The van der Waals surface area contributed by atoms with E-state index >= 15 is 0 Å². The maximum Gasteiger partial charge on any atom is 0.338 e. The third-order valence-corrected chi connectivity index (χ3v) is 5.14. The molecule has 0 aromatic heterocycles. The number of methoxy groups -OCH3 is 1. The molecule has 9 heteroatoms. The highest BCUT2D eigenvalue weighted by Gasteiger charge is 2.31. The van der Waals surface area contributed by atoms with E-state index in [0.717, 1.165) is 0 Å². The highest BCUT2D eigenvalue weighted by atomic mass is 16.5. The van der Waals surface area contributed by atoms with E-state index < -0.39 is 12.1 Å². The lowest BCUT2D eigenvalue weighted by molar-refractivity contribution is -0.132. The Bertz CT molecular complexity index is 1050. The van der Waals surface area contributed by atoms with Crippen molar-refractivity contribution in [1.29, 1.82) is 0 Å². The van der Waals surface area contributed by atoms with Gasteiger partial charge in [-0.3, -0.25) is 9.59 Å². The summed E-state index contributed by atoms with van der Waals surface area (Å²) < 4.78 is 22.1. The normalized spacial score (nSPS) is 17.8. The third-order valence-electron chi connectivity index (χ3n) is 5.14. The molecule has 31 heavy (non-hydrogen) atoms. The van der Waals surface area contributed by atoms with Crippen LogP contribution in [0.15, 0.2) is 36.4 Å². The topological polar surface area (TPSA) is 94.6 Å². The highest BCUT2D eigenvalue weighted by Crippen LogP contribution is 2.33. The van der Waals surface area contributed by atoms with Crippen molar-refractivity contribution in [1.82, 2.24) is 9.80 Å². The van der Waals surface area contributed by atoms with Gasteiger partial charge < -0.3 is 28.7 Å². The molecule has 2 amide bonds. The summed E-state index contributed by atoms with van der Waals surface area (Å²) >= 11 is 0. The monoisotopic (exact) mass is 426 g/mol. The van der Waals surface area contributed by atoms with Crippen molar-refractivity contribution in [3.05, 3.63) is 47.5 Å². The predicted molar refractivity (Wildman–Crippen MR) is 109 cm³/mol. The van der Waals surface area contributed by atoms with E-state index in [-0.39, 0.29) is 24.1 Å². The second-order valence-electron chi connectivity index (χ2n) is 7.38. The average molecular weight is 426 g/mol. The minimum absolute atomic E-state index is 0.118. The molecule has 2 heterocycles. The fraction of sp³-hybridized carbons (Fsp3) is 0.318. The van der Waals surface area contributed by atoms with Gasteiger partial charge in [-0.2, -0.15) is 0 Å². The fourth-order valence-electron chi connectivity index (χ4n) is 3.43. The van der Waals surface area contributed by atoms with Crippen LogP contribution < -0.4 is 14.2 Å². The lowest BCUT2D eigenvalue weighted by Crippen LogP contribution is -2.35.